The smallest absolute Gasteiger partial charge is 0.410 e. The van der Waals surface area contributed by atoms with E-state index < -0.39 is 11.7 Å². The lowest BCUT2D eigenvalue weighted by Gasteiger charge is -2.34. The quantitative estimate of drug-likeness (QED) is 0.266. The minimum Gasteiger partial charge on any atom is -0.497 e. The third-order valence-electron chi connectivity index (χ3n) is 6.97. The van der Waals surface area contributed by atoms with Gasteiger partial charge in [0, 0.05) is 55.4 Å². The summed E-state index contributed by atoms with van der Waals surface area (Å²) in [6.07, 6.45) is 2.83. The molecular weight excluding hydrogens is 588 g/mol. The van der Waals surface area contributed by atoms with E-state index >= 15 is 0 Å². The number of halogens is 1. The predicted molar refractivity (Wildman–Crippen MR) is 162 cm³/mol. The van der Waals surface area contributed by atoms with Gasteiger partial charge in [-0.05, 0) is 81.0 Å². The molecule has 0 radical (unpaired) electrons. The third kappa shape index (κ3) is 8.72. The number of nitrogens with zero attached hydrogens (tertiary/aromatic N) is 2. The van der Waals surface area contributed by atoms with E-state index in [4.69, 9.17) is 18.9 Å². The second-order valence-electron chi connectivity index (χ2n) is 11.5. The van der Waals surface area contributed by atoms with Crippen LogP contribution in [0.15, 0.2) is 52.5 Å². The molecule has 41 heavy (non-hydrogen) atoms. The molecule has 1 saturated carbocycles. The SMILES string of the molecule is COCCCOc1cc(CN(C(=O)C2=C(c3cccc(Br)c3)CCN(C(=O)OC(C)(C)C)C2)C2CC2)cc(OC)c1. The molecule has 2 aliphatic rings. The van der Waals surface area contributed by atoms with Crippen LogP contribution in [0.3, 0.4) is 0 Å². The topological polar surface area (TPSA) is 77.5 Å². The Kier molecular flexibility index (Phi) is 10.4. The van der Waals surface area contributed by atoms with Crippen LogP contribution in [-0.4, -0.2) is 74.0 Å². The summed E-state index contributed by atoms with van der Waals surface area (Å²) in [6, 6.07) is 13.9. The lowest BCUT2D eigenvalue weighted by molar-refractivity contribution is -0.128. The van der Waals surface area contributed by atoms with E-state index in [1.54, 1.807) is 19.1 Å². The van der Waals surface area contributed by atoms with Crippen LogP contribution in [-0.2, 0) is 20.8 Å². The number of hydrogen-bond acceptors (Lipinski definition) is 6. The average molecular weight is 630 g/mol. The molecule has 222 valence electrons. The molecule has 2 aromatic carbocycles. The van der Waals surface area contributed by atoms with Crippen molar-refractivity contribution in [2.75, 3.05) is 40.5 Å². The van der Waals surface area contributed by atoms with Crippen LogP contribution in [0.2, 0.25) is 0 Å². The van der Waals surface area contributed by atoms with E-state index in [-0.39, 0.29) is 18.5 Å². The number of hydrogen-bond donors (Lipinski definition) is 0. The number of ether oxygens (including phenoxy) is 4. The van der Waals surface area contributed by atoms with Crippen LogP contribution in [0, 0.1) is 0 Å². The first-order valence-electron chi connectivity index (χ1n) is 14.1. The van der Waals surface area contributed by atoms with E-state index in [1.165, 1.54) is 0 Å². The highest BCUT2D eigenvalue weighted by molar-refractivity contribution is 9.10. The largest absolute Gasteiger partial charge is 0.497 e. The molecule has 9 heteroatoms. The van der Waals surface area contributed by atoms with E-state index in [1.807, 2.05) is 68.1 Å². The summed E-state index contributed by atoms with van der Waals surface area (Å²) in [5, 5.41) is 0. The van der Waals surface area contributed by atoms with Crippen molar-refractivity contribution in [3.63, 3.8) is 0 Å². The summed E-state index contributed by atoms with van der Waals surface area (Å²) in [5.74, 6) is 1.32. The summed E-state index contributed by atoms with van der Waals surface area (Å²) in [6.45, 7) is 7.79. The van der Waals surface area contributed by atoms with E-state index in [0.717, 1.165) is 40.4 Å². The molecule has 4 rings (SSSR count). The van der Waals surface area contributed by atoms with Crippen LogP contribution in [0.4, 0.5) is 4.79 Å². The van der Waals surface area contributed by atoms with Crippen molar-refractivity contribution < 1.29 is 28.5 Å². The predicted octanol–water partition coefficient (Wildman–Crippen LogP) is 6.46. The van der Waals surface area contributed by atoms with Gasteiger partial charge in [0.25, 0.3) is 5.91 Å². The maximum atomic E-state index is 14.4. The fourth-order valence-electron chi connectivity index (χ4n) is 4.88. The van der Waals surface area contributed by atoms with Gasteiger partial charge in [-0.3, -0.25) is 4.79 Å². The minimum absolute atomic E-state index is 0.0545. The summed E-state index contributed by atoms with van der Waals surface area (Å²) in [4.78, 5) is 31.0. The van der Waals surface area contributed by atoms with Gasteiger partial charge >= 0.3 is 6.09 Å². The van der Waals surface area contributed by atoms with Gasteiger partial charge in [-0.25, -0.2) is 4.79 Å². The van der Waals surface area contributed by atoms with Gasteiger partial charge in [-0.2, -0.15) is 0 Å². The first-order chi connectivity index (χ1) is 19.6. The van der Waals surface area contributed by atoms with E-state index in [2.05, 4.69) is 15.9 Å². The van der Waals surface area contributed by atoms with Crippen LogP contribution in [0.25, 0.3) is 5.57 Å². The summed E-state index contributed by atoms with van der Waals surface area (Å²) in [5.41, 5.74) is 2.89. The highest BCUT2D eigenvalue weighted by atomic mass is 79.9. The second-order valence-corrected chi connectivity index (χ2v) is 12.4. The Morgan fingerprint density at radius 2 is 1.80 bits per heavy atom. The fraction of sp³-hybridized carbons (Fsp3) is 0.500. The molecule has 2 aromatic rings. The van der Waals surface area contributed by atoms with Crippen molar-refractivity contribution in [2.24, 2.45) is 0 Å². The molecule has 0 saturated heterocycles. The van der Waals surface area contributed by atoms with Gasteiger partial charge in [0.05, 0.1) is 20.3 Å². The number of amides is 2. The molecule has 1 heterocycles. The second kappa shape index (κ2) is 13.7. The molecule has 0 atom stereocenters. The Morgan fingerprint density at radius 3 is 2.46 bits per heavy atom. The first-order valence-corrected chi connectivity index (χ1v) is 14.9. The molecule has 0 bridgehead atoms. The highest BCUT2D eigenvalue weighted by Gasteiger charge is 2.38. The lowest BCUT2D eigenvalue weighted by Crippen LogP contribution is -2.44. The summed E-state index contributed by atoms with van der Waals surface area (Å²) >= 11 is 3.57. The number of methoxy groups -OCH3 is 2. The van der Waals surface area contributed by atoms with Gasteiger partial charge in [0.15, 0.2) is 0 Å². The van der Waals surface area contributed by atoms with Crippen molar-refractivity contribution in [3.05, 3.63) is 63.6 Å². The summed E-state index contributed by atoms with van der Waals surface area (Å²) in [7, 11) is 3.30. The molecule has 8 nitrogen and oxygen atoms in total. The maximum absolute atomic E-state index is 14.4. The highest BCUT2D eigenvalue weighted by Crippen LogP contribution is 2.36. The zero-order valence-electron chi connectivity index (χ0n) is 24.7. The lowest BCUT2D eigenvalue weighted by atomic mass is 9.92. The van der Waals surface area contributed by atoms with E-state index in [9.17, 15) is 9.59 Å². The molecule has 1 fully saturated rings. The Morgan fingerprint density at radius 1 is 1.05 bits per heavy atom. The van der Waals surface area contributed by atoms with Crippen LogP contribution in [0.5, 0.6) is 11.5 Å². The van der Waals surface area contributed by atoms with Crippen molar-refractivity contribution >= 4 is 33.5 Å². The summed E-state index contributed by atoms with van der Waals surface area (Å²) < 4.78 is 23.2. The molecule has 1 aliphatic carbocycles. The number of carbonyl (C=O) groups excluding carboxylic acids is 2. The fourth-order valence-corrected chi connectivity index (χ4v) is 5.28. The molecule has 0 N–H and O–H groups in total. The third-order valence-corrected chi connectivity index (χ3v) is 7.46. The zero-order chi connectivity index (χ0) is 29.6. The van der Waals surface area contributed by atoms with Crippen molar-refractivity contribution in [2.45, 2.75) is 64.6 Å². The number of rotatable bonds is 11. The van der Waals surface area contributed by atoms with Crippen molar-refractivity contribution in [3.8, 4) is 11.5 Å². The Balaban J connectivity index is 1.64. The zero-order valence-corrected chi connectivity index (χ0v) is 26.3. The van der Waals surface area contributed by atoms with E-state index in [0.29, 0.717) is 49.8 Å². The monoisotopic (exact) mass is 628 g/mol. The maximum Gasteiger partial charge on any atom is 0.410 e. The Labute approximate surface area is 251 Å². The first kappa shape index (κ1) is 30.9. The van der Waals surface area contributed by atoms with Gasteiger partial charge in [0.1, 0.15) is 17.1 Å². The van der Waals surface area contributed by atoms with Gasteiger partial charge < -0.3 is 28.7 Å². The number of benzene rings is 2. The standard InChI is InChI=1S/C32H41BrN2O6/c1-32(2,3)41-31(37)34-13-12-28(23-8-6-9-24(33)18-23)29(21-34)30(36)35(25-10-11-25)20-22-16-26(39-5)19-27(17-22)40-15-7-14-38-4/h6,8-9,16-19,25H,7,10-15,20-21H2,1-5H3. The Hall–Kier alpha value is -3.04. The minimum atomic E-state index is -0.620. The molecule has 2 amide bonds. The molecular formula is C32H41BrN2O6. The van der Waals surface area contributed by atoms with Crippen LogP contribution in [0.1, 0.15) is 57.6 Å². The molecule has 0 unspecified atom stereocenters. The van der Waals surface area contributed by atoms with Crippen molar-refractivity contribution in [1.29, 1.82) is 0 Å². The number of carbonyl (C=O) groups is 2. The Bertz CT molecular complexity index is 1270. The molecule has 1 aliphatic heterocycles. The normalized spacial score (nSPS) is 15.5. The van der Waals surface area contributed by atoms with Crippen LogP contribution < -0.4 is 9.47 Å². The van der Waals surface area contributed by atoms with Gasteiger partial charge in [-0.1, -0.05) is 28.1 Å². The van der Waals surface area contributed by atoms with Crippen molar-refractivity contribution in [1.82, 2.24) is 9.80 Å². The molecule has 0 spiro atoms. The van der Waals surface area contributed by atoms with Gasteiger partial charge in [-0.15, -0.1) is 0 Å². The molecule has 0 aromatic heterocycles. The average Bonchev–Trinajstić information content (AvgIpc) is 3.78. The van der Waals surface area contributed by atoms with Gasteiger partial charge in [0.2, 0.25) is 0 Å². The van der Waals surface area contributed by atoms with Crippen LogP contribution >= 0.6 is 15.9 Å².